The molecule has 2 aliphatic rings. The average Bonchev–Trinajstić information content (AvgIpc) is 3.71. The second-order valence-corrected chi connectivity index (χ2v) is 10.5. The van der Waals surface area contributed by atoms with Gasteiger partial charge in [0.05, 0.1) is 25.2 Å². The van der Waals surface area contributed by atoms with Gasteiger partial charge in [-0.2, -0.15) is 0 Å². The molecule has 2 bridgehead atoms. The van der Waals surface area contributed by atoms with Gasteiger partial charge >= 0.3 is 0 Å². The standard InChI is InChI=1S/C30H35FN4O5/c1-2-19-6-5-7-21(12-19)30(9-10-30)33-18-26(36)24-15-20-13-22(31)16-23(14-20)40-11-4-3-8-28(38)34-25(17-27(32)37)29(39)35-24/h1,5-7,12-14,16,24-26,33,36H,3-4,8-11,15,17-18H2,(H2,32,37)(H,34,38)(H,35,39). The smallest absolute Gasteiger partial charge is 0.243 e. The van der Waals surface area contributed by atoms with Crippen LogP contribution >= 0.6 is 0 Å². The Labute approximate surface area is 233 Å². The third-order valence-corrected chi connectivity index (χ3v) is 7.28. The van der Waals surface area contributed by atoms with Crippen LogP contribution in [-0.2, 0) is 26.3 Å². The fourth-order valence-corrected chi connectivity index (χ4v) is 4.94. The summed E-state index contributed by atoms with van der Waals surface area (Å²) in [5.41, 5.74) is 7.27. The highest BCUT2D eigenvalue weighted by Gasteiger charge is 2.44. The Hall–Kier alpha value is -3.94. The maximum absolute atomic E-state index is 14.4. The molecule has 1 heterocycles. The normalized spacial score (nSPS) is 21.8. The summed E-state index contributed by atoms with van der Waals surface area (Å²) in [6.45, 7) is 0.383. The Morgan fingerprint density at radius 2 is 2.02 bits per heavy atom. The molecule has 0 radical (unpaired) electrons. The number of aliphatic hydroxyl groups excluding tert-OH is 1. The number of fused-ring (bicyclic) bond motifs is 2. The molecule has 3 amide bonds. The second kappa shape index (κ2) is 12.9. The number of hydrogen-bond donors (Lipinski definition) is 5. The van der Waals surface area contributed by atoms with Gasteiger partial charge in [-0.3, -0.25) is 14.4 Å². The minimum absolute atomic E-state index is 0.0690. The number of nitrogens with one attached hydrogen (secondary N) is 3. The van der Waals surface area contributed by atoms with Crippen LogP contribution in [0.5, 0.6) is 5.75 Å². The van der Waals surface area contributed by atoms with E-state index in [2.05, 4.69) is 21.9 Å². The Kier molecular flexibility index (Phi) is 9.40. The maximum Gasteiger partial charge on any atom is 0.243 e. The predicted molar refractivity (Wildman–Crippen MR) is 146 cm³/mol. The van der Waals surface area contributed by atoms with Crippen molar-refractivity contribution in [3.05, 3.63) is 65.0 Å². The fourth-order valence-electron chi connectivity index (χ4n) is 4.94. The van der Waals surface area contributed by atoms with E-state index in [0.717, 1.165) is 24.0 Å². The molecule has 3 atom stereocenters. The second-order valence-electron chi connectivity index (χ2n) is 10.5. The Bertz CT molecular complexity index is 1290. The molecule has 1 fully saturated rings. The molecule has 1 saturated carbocycles. The van der Waals surface area contributed by atoms with Crippen molar-refractivity contribution in [2.45, 2.75) is 68.7 Å². The van der Waals surface area contributed by atoms with E-state index in [4.69, 9.17) is 16.9 Å². The molecular formula is C30H35FN4O5. The minimum atomic E-state index is -1.21. The number of nitrogens with two attached hydrogens (primary N) is 1. The summed E-state index contributed by atoms with van der Waals surface area (Å²) in [6.07, 6.45) is 6.93. The third-order valence-electron chi connectivity index (χ3n) is 7.28. The molecule has 40 heavy (non-hydrogen) atoms. The molecule has 0 aromatic heterocycles. The van der Waals surface area contributed by atoms with Gasteiger partial charge in [0.1, 0.15) is 17.6 Å². The first-order chi connectivity index (χ1) is 19.2. The zero-order valence-electron chi connectivity index (χ0n) is 22.3. The highest BCUT2D eigenvalue weighted by molar-refractivity contribution is 5.91. The molecule has 0 saturated heterocycles. The van der Waals surface area contributed by atoms with Crippen molar-refractivity contribution in [2.24, 2.45) is 5.73 Å². The summed E-state index contributed by atoms with van der Waals surface area (Å²) in [6, 6.07) is 9.80. The van der Waals surface area contributed by atoms with Crippen LogP contribution in [0.4, 0.5) is 4.39 Å². The molecule has 2 aromatic rings. The quantitative estimate of drug-likeness (QED) is 0.330. The van der Waals surface area contributed by atoms with Crippen LogP contribution < -0.4 is 26.4 Å². The topological polar surface area (TPSA) is 143 Å². The number of hydrogen-bond acceptors (Lipinski definition) is 6. The summed E-state index contributed by atoms with van der Waals surface area (Å²) in [5.74, 6) is 0.612. The van der Waals surface area contributed by atoms with Gasteiger partial charge in [0.2, 0.25) is 17.7 Å². The van der Waals surface area contributed by atoms with Gasteiger partial charge < -0.3 is 31.5 Å². The molecule has 9 nitrogen and oxygen atoms in total. The average molecular weight is 551 g/mol. The first-order valence-corrected chi connectivity index (χ1v) is 13.5. The van der Waals surface area contributed by atoms with Crippen molar-refractivity contribution in [2.75, 3.05) is 13.2 Å². The molecule has 212 valence electrons. The van der Waals surface area contributed by atoms with E-state index in [9.17, 15) is 23.9 Å². The number of carbonyl (C=O) groups is 3. The van der Waals surface area contributed by atoms with Crippen LogP contribution in [0.25, 0.3) is 0 Å². The number of rotatable bonds is 7. The summed E-state index contributed by atoms with van der Waals surface area (Å²) in [7, 11) is 0. The van der Waals surface area contributed by atoms with Gasteiger partial charge in [-0.1, -0.05) is 18.1 Å². The highest BCUT2D eigenvalue weighted by Crippen LogP contribution is 2.45. The first-order valence-electron chi connectivity index (χ1n) is 13.5. The van der Waals surface area contributed by atoms with Crippen molar-refractivity contribution in [3.8, 4) is 18.1 Å². The van der Waals surface area contributed by atoms with E-state index in [1.54, 1.807) is 6.07 Å². The molecule has 1 aliphatic carbocycles. The zero-order chi connectivity index (χ0) is 28.7. The zero-order valence-corrected chi connectivity index (χ0v) is 22.3. The van der Waals surface area contributed by atoms with Crippen LogP contribution in [0.3, 0.4) is 0 Å². The lowest BCUT2D eigenvalue weighted by Gasteiger charge is -2.29. The van der Waals surface area contributed by atoms with Gasteiger partial charge in [-0.25, -0.2) is 4.39 Å². The number of benzene rings is 2. The fraction of sp³-hybridized carbons (Fsp3) is 0.433. The molecule has 6 N–H and O–H groups in total. The van der Waals surface area contributed by atoms with Crippen molar-refractivity contribution in [3.63, 3.8) is 0 Å². The van der Waals surface area contributed by atoms with E-state index < -0.39 is 48.1 Å². The van der Waals surface area contributed by atoms with Gasteiger partial charge in [0.15, 0.2) is 0 Å². The lowest BCUT2D eigenvalue weighted by molar-refractivity contribution is -0.132. The van der Waals surface area contributed by atoms with Gasteiger partial charge in [-0.05, 0) is 67.5 Å². The van der Waals surface area contributed by atoms with E-state index in [-0.39, 0.29) is 31.5 Å². The SMILES string of the molecule is C#Cc1cccc(C2(NCC(O)C3Cc4cc(F)cc(c4)OCCCCC(=O)NC(CC(N)=O)C(=O)N3)CC2)c1. The minimum Gasteiger partial charge on any atom is -0.493 e. The molecule has 2 aromatic carbocycles. The third kappa shape index (κ3) is 7.81. The largest absolute Gasteiger partial charge is 0.493 e. The van der Waals surface area contributed by atoms with Crippen molar-refractivity contribution in [1.82, 2.24) is 16.0 Å². The molecule has 1 aliphatic heterocycles. The summed E-state index contributed by atoms with van der Waals surface area (Å²) < 4.78 is 20.1. The molecule has 10 heteroatoms. The van der Waals surface area contributed by atoms with Crippen molar-refractivity contribution >= 4 is 17.7 Å². The van der Waals surface area contributed by atoms with Crippen molar-refractivity contribution < 1.29 is 28.6 Å². The Morgan fingerprint density at radius 3 is 2.75 bits per heavy atom. The number of amides is 3. The van der Waals surface area contributed by atoms with Gasteiger partial charge in [0.25, 0.3) is 0 Å². The number of ether oxygens (including phenoxy) is 1. The van der Waals surface area contributed by atoms with Crippen LogP contribution in [0.1, 0.15) is 55.2 Å². The maximum atomic E-state index is 14.4. The molecular weight excluding hydrogens is 515 g/mol. The number of primary amides is 1. The summed E-state index contributed by atoms with van der Waals surface area (Å²) in [5, 5.41) is 20.0. The number of halogens is 1. The van der Waals surface area contributed by atoms with Gasteiger partial charge in [-0.15, -0.1) is 6.42 Å². The Morgan fingerprint density at radius 1 is 1.23 bits per heavy atom. The molecule has 3 unspecified atom stereocenters. The summed E-state index contributed by atoms with van der Waals surface area (Å²) >= 11 is 0. The Balaban J connectivity index is 1.57. The first kappa shape index (κ1) is 29.1. The predicted octanol–water partition coefficient (Wildman–Crippen LogP) is 1.40. The number of aliphatic hydroxyl groups is 1. The van der Waals surface area contributed by atoms with Crippen LogP contribution in [0.15, 0.2) is 42.5 Å². The monoisotopic (exact) mass is 550 g/mol. The van der Waals surface area contributed by atoms with E-state index in [0.29, 0.717) is 24.2 Å². The van der Waals surface area contributed by atoms with E-state index in [1.807, 2.05) is 24.3 Å². The lowest BCUT2D eigenvalue weighted by atomic mass is 9.98. The van der Waals surface area contributed by atoms with Crippen LogP contribution in [-0.4, -0.2) is 54.2 Å². The molecule has 4 rings (SSSR count). The number of carbonyl (C=O) groups excluding carboxylic acids is 3. The van der Waals surface area contributed by atoms with Crippen LogP contribution in [0.2, 0.25) is 0 Å². The summed E-state index contributed by atoms with van der Waals surface area (Å²) in [4.78, 5) is 37.4. The van der Waals surface area contributed by atoms with Gasteiger partial charge in [0, 0.05) is 30.1 Å². The van der Waals surface area contributed by atoms with E-state index >= 15 is 0 Å². The lowest BCUT2D eigenvalue weighted by Crippen LogP contribution is -2.56. The number of terminal acetylenes is 1. The van der Waals surface area contributed by atoms with Crippen molar-refractivity contribution in [1.29, 1.82) is 0 Å². The van der Waals surface area contributed by atoms with Crippen LogP contribution in [0, 0.1) is 18.2 Å². The molecule has 0 spiro atoms. The highest BCUT2D eigenvalue weighted by atomic mass is 19.1. The van der Waals surface area contributed by atoms with E-state index in [1.165, 1.54) is 12.1 Å².